The Morgan fingerprint density at radius 2 is 1.90 bits per heavy atom. The molecule has 0 aliphatic heterocycles. The number of benzene rings is 1. The zero-order valence-corrected chi connectivity index (χ0v) is 17.4. The molecule has 1 heterocycles. The lowest BCUT2D eigenvalue weighted by atomic mass is 10.0. The smallest absolute Gasteiger partial charge is 0.336 e. The lowest BCUT2D eigenvalue weighted by molar-refractivity contribution is -0.153. The van der Waals surface area contributed by atoms with E-state index in [1.807, 2.05) is 38.1 Å². The summed E-state index contributed by atoms with van der Waals surface area (Å²) in [6.45, 7) is 5.55. The summed E-state index contributed by atoms with van der Waals surface area (Å²) in [5.41, 5.74) is 1.48. The van der Waals surface area contributed by atoms with Crippen LogP contribution < -0.4 is 5.32 Å². The molecule has 30 heavy (non-hydrogen) atoms. The number of aliphatic carboxylic acids is 1. The number of aromatic nitrogens is 1. The van der Waals surface area contributed by atoms with E-state index in [4.69, 9.17) is 4.74 Å². The van der Waals surface area contributed by atoms with Crippen LogP contribution in [0.3, 0.4) is 0 Å². The van der Waals surface area contributed by atoms with E-state index in [-0.39, 0.29) is 32.0 Å². The lowest BCUT2D eigenvalue weighted by Crippen LogP contribution is -2.48. The number of amides is 2. The highest BCUT2D eigenvalue weighted by Gasteiger charge is 2.27. The molecule has 2 unspecified atom stereocenters. The number of esters is 1. The van der Waals surface area contributed by atoms with Gasteiger partial charge in [-0.25, -0.2) is 9.59 Å². The van der Waals surface area contributed by atoms with Crippen LogP contribution in [0.15, 0.2) is 30.5 Å². The quantitative estimate of drug-likeness (QED) is 0.437. The Balaban J connectivity index is 2.23. The fourth-order valence-corrected chi connectivity index (χ4v) is 3.24. The molecule has 9 heteroatoms. The summed E-state index contributed by atoms with van der Waals surface area (Å²) in [6, 6.07) is 6.04. The Hall–Kier alpha value is -3.07. The number of aliphatic hydroxyl groups excluding tert-OH is 1. The number of ether oxygens (including phenoxy) is 1. The van der Waals surface area contributed by atoms with Crippen LogP contribution in [-0.2, 0) is 14.3 Å². The van der Waals surface area contributed by atoms with E-state index >= 15 is 0 Å². The molecule has 0 saturated heterocycles. The monoisotopic (exact) mass is 419 g/mol. The number of carbonyl (C=O) groups is 3. The van der Waals surface area contributed by atoms with E-state index in [1.54, 1.807) is 13.1 Å². The third-order valence-electron chi connectivity index (χ3n) is 4.50. The standard InChI is InChI=1S/C21H29N3O6/c1-4-30-20(28)18(25)12-24(11-13(2)3)21(29)23-17(9-19(26)27)15-10-22-16-8-6-5-7-14(15)16/h5-8,10,13,17-18,22,25H,4,9,11-12H2,1-3H3,(H,23,29)(H,26,27). The van der Waals surface area contributed by atoms with Crippen LogP contribution in [0.2, 0.25) is 0 Å². The molecule has 0 aliphatic rings. The molecule has 2 amide bonds. The summed E-state index contributed by atoms with van der Waals surface area (Å²) in [5.74, 6) is -1.80. The second-order valence-corrected chi connectivity index (χ2v) is 7.46. The van der Waals surface area contributed by atoms with Crippen molar-refractivity contribution in [2.45, 2.75) is 39.3 Å². The van der Waals surface area contributed by atoms with Crippen molar-refractivity contribution < 1.29 is 29.3 Å². The Bertz CT molecular complexity index is 879. The highest BCUT2D eigenvalue weighted by atomic mass is 16.5. The van der Waals surface area contributed by atoms with Crippen LogP contribution in [0.25, 0.3) is 10.9 Å². The number of carbonyl (C=O) groups excluding carboxylic acids is 2. The number of carboxylic acid groups (broad SMARTS) is 1. The molecule has 0 fully saturated rings. The number of fused-ring (bicyclic) bond motifs is 1. The van der Waals surface area contributed by atoms with Crippen molar-refractivity contribution in [3.05, 3.63) is 36.0 Å². The maximum atomic E-state index is 13.0. The molecule has 2 atom stereocenters. The van der Waals surface area contributed by atoms with Crippen LogP contribution in [-0.4, -0.2) is 63.9 Å². The summed E-state index contributed by atoms with van der Waals surface area (Å²) in [6.07, 6.45) is -0.122. The summed E-state index contributed by atoms with van der Waals surface area (Å²) in [4.78, 5) is 40.6. The van der Waals surface area contributed by atoms with Gasteiger partial charge in [0.15, 0.2) is 6.10 Å². The first kappa shape index (κ1) is 23.2. The number of nitrogens with zero attached hydrogens (tertiary/aromatic N) is 1. The molecular weight excluding hydrogens is 390 g/mol. The number of nitrogens with one attached hydrogen (secondary N) is 2. The Morgan fingerprint density at radius 1 is 1.20 bits per heavy atom. The highest BCUT2D eigenvalue weighted by molar-refractivity contribution is 5.86. The van der Waals surface area contributed by atoms with Gasteiger partial charge in [0.05, 0.1) is 25.6 Å². The number of hydrogen-bond acceptors (Lipinski definition) is 5. The van der Waals surface area contributed by atoms with Crippen molar-refractivity contribution in [1.29, 1.82) is 0 Å². The minimum atomic E-state index is -1.49. The van der Waals surface area contributed by atoms with Gasteiger partial charge in [-0.2, -0.15) is 0 Å². The SMILES string of the molecule is CCOC(=O)C(O)CN(CC(C)C)C(=O)NC(CC(=O)O)c1c[nH]c2ccccc12. The molecule has 2 aromatic rings. The number of para-hydroxylation sites is 1. The van der Waals surface area contributed by atoms with Crippen molar-refractivity contribution in [3.63, 3.8) is 0 Å². The van der Waals surface area contributed by atoms with Crippen LogP contribution in [0, 0.1) is 5.92 Å². The molecule has 4 N–H and O–H groups in total. The van der Waals surface area contributed by atoms with E-state index < -0.39 is 30.1 Å². The van der Waals surface area contributed by atoms with E-state index in [0.29, 0.717) is 5.56 Å². The number of rotatable bonds is 10. The molecule has 164 valence electrons. The maximum Gasteiger partial charge on any atom is 0.336 e. The normalized spacial score (nSPS) is 13.1. The maximum absolute atomic E-state index is 13.0. The zero-order chi connectivity index (χ0) is 22.3. The number of hydrogen-bond donors (Lipinski definition) is 4. The number of aromatic amines is 1. The molecule has 0 radical (unpaired) electrons. The third-order valence-corrected chi connectivity index (χ3v) is 4.50. The van der Waals surface area contributed by atoms with Gasteiger partial charge in [-0.15, -0.1) is 0 Å². The second kappa shape index (κ2) is 10.6. The average molecular weight is 419 g/mol. The van der Waals surface area contributed by atoms with Gasteiger partial charge in [-0.1, -0.05) is 32.0 Å². The van der Waals surface area contributed by atoms with Crippen LogP contribution in [0.5, 0.6) is 0 Å². The number of H-pyrrole nitrogens is 1. The molecule has 0 saturated carbocycles. The molecular formula is C21H29N3O6. The molecule has 0 bridgehead atoms. The van der Waals surface area contributed by atoms with Gasteiger partial charge in [0, 0.05) is 29.2 Å². The number of carboxylic acids is 1. The first-order valence-electron chi connectivity index (χ1n) is 9.90. The average Bonchev–Trinajstić information content (AvgIpc) is 3.10. The van der Waals surface area contributed by atoms with Gasteiger partial charge >= 0.3 is 18.0 Å². The summed E-state index contributed by atoms with van der Waals surface area (Å²) in [7, 11) is 0. The molecule has 2 rings (SSSR count). The fraction of sp³-hybridized carbons (Fsp3) is 0.476. The summed E-state index contributed by atoms with van der Waals surface area (Å²) < 4.78 is 4.80. The third kappa shape index (κ3) is 6.21. The Kier molecular flexibility index (Phi) is 8.23. The highest BCUT2D eigenvalue weighted by Crippen LogP contribution is 2.26. The second-order valence-electron chi connectivity index (χ2n) is 7.46. The Labute approximate surface area is 175 Å². The van der Waals surface area contributed by atoms with Crippen LogP contribution >= 0.6 is 0 Å². The molecule has 1 aromatic carbocycles. The largest absolute Gasteiger partial charge is 0.481 e. The minimum absolute atomic E-state index is 0.0659. The van der Waals surface area contributed by atoms with Gasteiger partial charge in [-0.05, 0) is 18.9 Å². The van der Waals surface area contributed by atoms with Crippen LogP contribution in [0.1, 0.15) is 38.8 Å². The number of aliphatic hydroxyl groups is 1. The number of urea groups is 1. The van der Waals surface area contributed by atoms with Crippen molar-refractivity contribution in [1.82, 2.24) is 15.2 Å². The lowest BCUT2D eigenvalue weighted by Gasteiger charge is -2.28. The van der Waals surface area contributed by atoms with Gasteiger partial charge in [0.25, 0.3) is 0 Å². The molecule has 1 aromatic heterocycles. The van der Waals surface area contributed by atoms with Gasteiger partial charge in [-0.3, -0.25) is 4.79 Å². The topological polar surface area (TPSA) is 132 Å². The Morgan fingerprint density at radius 3 is 2.53 bits per heavy atom. The van der Waals surface area contributed by atoms with Gasteiger partial charge in [0.2, 0.25) is 0 Å². The van der Waals surface area contributed by atoms with E-state index in [2.05, 4.69) is 10.3 Å². The van der Waals surface area contributed by atoms with E-state index in [1.165, 1.54) is 4.90 Å². The van der Waals surface area contributed by atoms with Crippen molar-refractivity contribution >= 4 is 28.9 Å². The molecule has 0 spiro atoms. The van der Waals surface area contributed by atoms with Crippen molar-refractivity contribution in [2.75, 3.05) is 19.7 Å². The zero-order valence-electron chi connectivity index (χ0n) is 17.4. The van der Waals surface area contributed by atoms with E-state index in [9.17, 15) is 24.6 Å². The first-order chi connectivity index (χ1) is 14.2. The summed E-state index contributed by atoms with van der Waals surface area (Å²) >= 11 is 0. The molecule has 0 aliphatic carbocycles. The predicted molar refractivity (Wildman–Crippen MR) is 111 cm³/mol. The van der Waals surface area contributed by atoms with Crippen LogP contribution in [0.4, 0.5) is 4.79 Å². The first-order valence-corrected chi connectivity index (χ1v) is 9.90. The fourth-order valence-electron chi connectivity index (χ4n) is 3.24. The molecule has 9 nitrogen and oxygen atoms in total. The van der Waals surface area contributed by atoms with Crippen molar-refractivity contribution in [2.24, 2.45) is 5.92 Å². The minimum Gasteiger partial charge on any atom is -0.481 e. The van der Waals surface area contributed by atoms with Gasteiger partial charge in [0.1, 0.15) is 0 Å². The van der Waals surface area contributed by atoms with E-state index in [0.717, 1.165) is 10.9 Å². The summed E-state index contributed by atoms with van der Waals surface area (Å²) in [5, 5.41) is 23.0. The van der Waals surface area contributed by atoms with Gasteiger partial charge < -0.3 is 30.2 Å². The van der Waals surface area contributed by atoms with Crippen molar-refractivity contribution in [3.8, 4) is 0 Å². The predicted octanol–water partition coefficient (Wildman–Crippen LogP) is 2.28.